The molecule has 0 aliphatic carbocycles. The van der Waals surface area contributed by atoms with Gasteiger partial charge < -0.3 is 9.84 Å². The average molecular weight is 181 g/mol. The van der Waals surface area contributed by atoms with Gasteiger partial charge >= 0.3 is 5.97 Å². The summed E-state index contributed by atoms with van der Waals surface area (Å²) in [7, 11) is 0. The first-order valence-electron chi connectivity index (χ1n) is 4.05. The summed E-state index contributed by atoms with van der Waals surface area (Å²) in [6, 6.07) is 1.42. The van der Waals surface area contributed by atoms with Gasteiger partial charge in [0.25, 0.3) is 0 Å². The van der Waals surface area contributed by atoms with Gasteiger partial charge in [-0.1, -0.05) is 6.92 Å². The number of aromatic nitrogens is 1. The summed E-state index contributed by atoms with van der Waals surface area (Å²) < 4.78 is 5.20. The molecule has 0 bridgehead atoms. The van der Waals surface area contributed by atoms with Gasteiger partial charge in [0.15, 0.2) is 5.75 Å². The van der Waals surface area contributed by atoms with Gasteiger partial charge in [-0.3, -0.25) is 4.98 Å². The van der Waals surface area contributed by atoms with E-state index >= 15 is 0 Å². The van der Waals surface area contributed by atoms with E-state index in [0.29, 0.717) is 12.4 Å². The lowest BCUT2D eigenvalue weighted by atomic mass is 10.2. The van der Waals surface area contributed by atoms with E-state index in [2.05, 4.69) is 4.98 Å². The number of aromatic carboxylic acids is 1. The van der Waals surface area contributed by atoms with Crippen LogP contribution in [0.2, 0.25) is 0 Å². The molecule has 1 aromatic heterocycles. The maximum atomic E-state index is 10.7. The number of rotatable bonds is 4. The predicted octanol–water partition coefficient (Wildman–Crippen LogP) is 1.57. The van der Waals surface area contributed by atoms with Gasteiger partial charge in [0.2, 0.25) is 0 Å². The molecule has 70 valence electrons. The maximum Gasteiger partial charge on any atom is 0.339 e. The fraction of sp³-hybridized carbons (Fsp3) is 0.333. The third-order valence-corrected chi connectivity index (χ3v) is 1.48. The van der Waals surface area contributed by atoms with Crippen molar-refractivity contribution in [3.63, 3.8) is 0 Å². The van der Waals surface area contributed by atoms with Crippen LogP contribution in [0.4, 0.5) is 0 Å². The van der Waals surface area contributed by atoms with Crippen LogP contribution in [-0.4, -0.2) is 22.7 Å². The number of carboxylic acid groups (broad SMARTS) is 1. The highest BCUT2D eigenvalue weighted by molar-refractivity contribution is 5.90. The molecule has 4 nitrogen and oxygen atoms in total. The van der Waals surface area contributed by atoms with Crippen molar-refractivity contribution in [2.75, 3.05) is 6.61 Å². The van der Waals surface area contributed by atoms with Crippen LogP contribution in [0.25, 0.3) is 0 Å². The molecule has 1 rings (SSSR count). The number of nitrogens with zero attached hydrogens (tertiary/aromatic N) is 1. The minimum absolute atomic E-state index is 0.156. The molecule has 0 amide bonds. The summed E-state index contributed by atoms with van der Waals surface area (Å²) in [5.74, 6) is -0.662. The zero-order chi connectivity index (χ0) is 9.68. The average Bonchev–Trinajstić information content (AvgIpc) is 2.15. The first-order chi connectivity index (χ1) is 6.25. The van der Waals surface area contributed by atoms with Gasteiger partial charge in [0.05, 0.1) is 12.8 Å². The normalized spacial score (nSPS) is 9.62. The zero-order valence-corrected chi connectivity index (χ0v) is 7.36. The number of carbonyl (C=O) groups is 1. The highest BCUT2D eigenvalue weighted by atomic mass is 16.5. The molecular formula is C9H11NO3. The molecule has 0 unspecified atom stereocenters. The highest BCUT2D eigenvalue weighted by Crippen LogP contribution is 2.15. The van der Waals surface area contributed by atoms with Gasteiger partial charge in [0.1, 0.15) is 5.56 Å². The first-order valence-corrected chi connectivity index (χ1v) is 4.05. The molecular weight excluding hydrogens is 170 g/mol. The number of hydrogen-bond acceptors (Lipinski definition) is 3. The largest absolute Gasteiger partial charge is 0.491 e. The van der Waals surface area contributed by atoms with Gasteiger partial charge in [-0.25, -0.2) is 4.79 Å². The van der Waals surface area contributed by atoms with Crippen LogP contribution < -0.4 is 4.74 Å². The van der Waals surface area contributed by atoms with Crippen LogP contribution in [0.15, 0.2) is 18.5 Å². The van der Waals surface area contributed by atoms with E-state index in [1.54, 1.807) is 0 Å². The molecule has 1 N–H and O–H groups in total. The summed E-state index contributed by atoms with van der Waals surface area (Å²) >= 11 is 0. The second-order valence-electron chi connectivity index (χ2n) is 2.53. The Kier molecular flexibility index (Phi) is 3.25. The molecule has 0 aliphatic heterocycles. The standard InChI is InChI=1S/C9H11NO3/c1-2-5-13-8-6-10-4-3-7(8)9(11)12/h3-4,6H,2,5H2,1H3,(H,11,12). The Morgan fingerprint density at radius 2 is 2.46 bits per heavy atom. The smallest absolute Gasteiger partial charge is 0.339 e. The number of carboxylic acids is 1. The predicted molar refractivity (Wildman–Crippen MR) is 47.0 cm³/mol. The summed E-state index contributed by atoms with van der Waals surface area (Å²) in [6.07, 6.45) is 3.69. The SMILES string of the molecule is CCCOc1cnccc1C(=O)O. The van der Waals surface area contributed by atoms with E-state index in [4.69, 9.17) is 9.84 Å². The quantitative estimate of drug-likeness (QED) is 0.765. The second kappa shape index (κ2) is 4.45. The molecule has 0 spiro atoms. The lowest BCUT2D eigenvalue weighted by Gasteiger charge is -2.05. The van der Waals surface area contributed by atoms with E-state index in [9.17, 15) is 4.79 Å². The fourth-order valence-electron chi connectivity index (χ4n) is 0.884. The Hall–Kier alpha value is -1.58. The summed E-state index contributed by atoms with van der Waals surface area (Å²) in [5, 5.41) is 8.76. The van der Waals surface area contributed by atoms with Crippen LogP contribution in [0, 0.1) is 0 Å². The Morgan fingerprint density at radius 3 is 3.08 bits per heavy atom. The molecule has 0 atom stereocenters. The van der Waals surface area contributed by atoms with Gasteiger partial charge in [-0.2, -0.15) is 0 Å². The fourth-order valence-corrected chi connectivity index (χ4v) is 0.884. The molecule has 0 saturated carbocycles. The first kappa shape index (κ1) is 9.51. The molecule has 1 aromatic rings. The minimum Gasteiger partial charge on any atom is -0.491 e. The Bertz CT molecular complexity index is 299. The van der Waals surface area contributed by atoms with Crippen LogP contribution in [-0.2, 0) is 0 Å². The Balaban J connectivity index is 2.84. The van der Waals surface area contributed by atoms with Crippen molar-refractivity contribution >= 4 is 5.97 Å². The van der Waals surface area contributed by atoms with Crippen molar-refractivity contribution in [2.45, 2.75) is 13.3 Å². The molecule has 13 heavy (non-hydrogen) atoms. The highest BCUT2D eigenvalue weighted by Gasteiger charge is 2.09. The summed E-state index contributed by atoms with van der Waals surface area (Å²) in [4.78, 5) is 14.5. The van der Waals surface area contributed by atoms with Crippen molar-refractivity contribution in [1.82, 2.24) is 4.98 Å². The summed E-state index contributed by atoms with van der Waals surface area (Å²) in [5.41, 5.74) is 0.156. The lowest BCUT2D eigenvalue weighted by molar-refractivity contribution is 0.0692. The molecule has 0 aromatic carbocycles. The van der Waals surface area contributed by atoms with Crippen molar-refractivity contribution in [3.05, 3.63) is 24.0 Å². The van der Waals surface area contributed by atoms with Crippen LogP contribution in [0.1, 0.15) is 23.7 Å². The number of ether oxygens (including phenoxy) is 1. The monoisotopic (exact) mass is 181 g/mol. The Labute approximate surface area is 76.2 Å². The van der Waals surface area contributed by atoms with E-state index in [-0.39, 0.29) is 5.56 Å². The molecule has 0 fully saturated rings. The van der Waals surface area contributed by atoms with E-state index < -0.39 is 5.97 Å². The van der Waals surface area contributed by atoms with Crippen LogP contribution >= 0.6 is 0 Å². The van der Waals surface area contributed by atoms with Gasteiger partial charge in [-0.15, -0.1) is 0 Å². The van der Waals surface area contributed by atoms with E-state index in [1.165, 1.54) is 18.5 Å². The van der Waals surface area contributed by atoms with Crippen molar-refractivity contribution in [1.29, 1.82) is 0 Å². The zero-order valence-electron chi connectivity index (χ0n) is 7.36. The molecule has 4 heteroatoms. The second-order valence-corrected chi connectivity index (χ2v) is 2.53. The Morgan fingerprint density at radius 1 is 1.69 bits per heavy atom. The van der Waals surface area contributed by atoms with Gasteiger partial charge in [-0.05, 0) is 12.5 Å². The molecule has 0 saturated heterocycles. The number of pyridine rings is 1. The number of hydrogen-bond donors (Lipinski definition) is 1. The van der Waals surface area contributed by atoms with Crippen LogP contribution in [0.3, 0.4) is 0 Å². The lowest BCUT2D eigenvalue weighted by Crippen LogP contribution is -2.04. The van der Waals surface area contributed by atoms with Crippen molar-refractivity contribution in [3.8, 4) is 5.75 Å². The van der Waals surface area contributed by atoms with Gasteiger partial charge in [0, 0.05) is 6.20 Å². The minimum atomic E-state index is -0.992. The molecule has 0 aliphatic rings. The van der Waals surface area contributed by atoms with E-state index in [1.807, 2.05) is 6.92 Å². The third-order valence-electron chi connectivity index (χ3n) is 1.48. The summed E-state index contributed by atoms with van der Waals surface area (Å²) in [6.45, 7) is 2.46. The van der Waals surface area contributed by atoms with Crippen molar-refractivity contribution < 1.29 is 14.6 Å². The maximum absolute atomic E-state index is 10.7. The molecule has 0 radical (unpaired) electrons. The van der Waals surface area contributed by atoms with Crippen LogP contribution in [0.5, 0.6) is 5.75 Å². The van der Waals surface area contributed by atoms with Crippen molar-refractivity contribution in [2.24, 2.45) is 0 Å². The topological polar surface area (TPSA) is 59.4 Å². The molecule has 1 heterocycles. The van der Waals surface area contributed by atoms with E-state index in [0.717, 1.165) is 6.42 Å². The third kappa shape index (κ3) is 2.43.